The van der Waals surface area contributed by atoms with Gasteiger partial charge in [-0.25, -0.2) is 4.79 Å². The summed E-state index contributed by atoms with van der Waals surface area (Å²) < 4.78 is 27.6. The van der Waals surface area contributed by atoms with E-state index in [0.717, 1.165) is 12.8 Å². The van der Waals surface area contributed by atoms with Gasteiger partial charge >= 0.3 is 14.6 Å². The van der Waals surface area contributed by atoms with E-state index >= 15 is 0 Å². The van der Waals surface area contributed by atoms with Crippen LogP contribution in [0.1, 0.15) is 42.6 Å². The average Bonchev–Trinajstić information content (AvgIpc) is 2.77. The van der Waals surface area contributed by atoms with Crippen LogP contribution in [0, 0.1) is 0 Å². The highest BCUT2D eigenvalue weighted by molar-refractivity contribution is 7.80. The lowest BCUT2D eigenvalue weighted by molar-refractivity contribution is 0.0729. The second kappa shape index (κ2) is 14.1. The molecule has 7 nitrogen and oxygen atoms in total. The molecule has 0 bridgehead atoms. The van der Waals surface area contributed by atoms with E-state index in [9.17, 15) is 4.79 Å². The smallest absolute Gasteiger partial charge is 0.347 e. The first kappa shape index (κ1) is 25.2. The fourth-order valence-corrected chi connectivity index (χ4v) is 3.52. The third-order valence-electron chi connectivity index (χ3n) is 3.92. The summed E-state index contributed by atoms with van der Waals surface area (Å²) in [5, 5.41) is 0. The second-order valence-corrected chi connectivity index (χ2v) is 7.88. The molecule has 0 heterocycles. The van der Waals surface area contributed by atoms with E-state index in [0.29, 0.717) is 49.1 Å². The highest BCUT2D eigenvalue weighted by atomic mass is 32.1. The Balaban J connectivity index is 1.82. The van der Waals surface area contributed by atoms with Gasteiger partial charge in [-0.3, -0.25) is 0 Å². The van der Waals surface area contributed by atoms with E-state index < -0.39 is 14.6 Å². The van der Waals surface area contributed by atoms with Crippen LogP contribution in [0.25, 0.3) is 0 Å². The Kier molecular flexibility index (Phi) is 11.4. The Morgan fingerprint density at radius 3 is 2.23 bits per heavy atom. The number of nitrogens with two attached hydrogens (primary N) is 1. The van der Waals surface area contributed by atoms with Gasteiger partial charge in [0.2, 0.25) is 0 Å². The molecule has 0 saturated heterocycles. The molecular weight excluding hydrogens is 437 g/mol. The third kappa shape index (κ3) is 8.89. The summed E-state index contributed by atoms with van der Waals surface area (Å²) in [4.78, 5) is 12.9. The van der Waals surface area contributed by atoms with Crippen LogP contribution >= 0.6 is 20.8 Å². The minimum atomic E-state index is -1.29. The number of unbranched alkanes of at least 4 members (excludes halogenated alkanes) is 1. The van der Waals surface area contributed by atoms with Gasteiger partial charge in [-0.2, -0.15) is 0 Å². The van der Waals surface area contributed by atoms with Crippen molar-refractivity contribution in [1.82, 2.24) is 0 Å². The molecular formula is C22H28NO6PS. The van der Waals surface area contributed by atoms with E-state index in [4.69, 9.17) is 41.0 Å². The normalized spacial score (nSPS) is 10.8. The molecule has 2 aromatic carbocycles. The third-order valence-corrected chi connectivity index (χ3v) is 5.49. The molecule has 0 amide bonds. The summed E-state index contributed by atoms with van der Waals surface area (Å²) in [5.41, 5.74) is 6.64. The first-order chi connectivity index (χ1) is 15.0. The molecule has 2 rings (SSSR count). The SMILES string of the molecule is CCOP(OCC)OCCCCOc1ccccc1C(=O)Oc1ccc(C(N)=S)cc1. The molecule has 2 aromatic rings. The highest BCUT2D eigenvalue weighted by Gasteiger charge is 2.15. The number of hydrogen-bond acceptors (Lipinski definition) is 7. The van der Waals surface area contributed by atoms with Crippen molar-refractivity contribution in [2.45, 2.75) is 26.7 Å². The highest BCUT2D eigenvalue weighted by Crippen LogP contribution is 2.39. The molecule has 0 radical (unpaired) electrons. The maximum absolute atomic E-state index is 12.6. The monoisotopic (exact) mass is 465 g/mol. The summed E-state index contributed by atoms with van der Waals surface area (Å²) >= 11 is 4.92. The van der Waals surface area contributed by atoms with E-state index in [1.807, 2.05) is 19.9 Å². The van der Waals surface area contributed by atoms with Crippen LogP contribution in [0.4, 0.5) is 0 Å². The Bertz CT molecular complexity index is 827. The summed E-state index contributed by atoms with van der Waals surface area (Å²) in [5.74, 6) is 0.372. The van der Waals surface area contributed by atoms with Gasteiger partial charge < -0.3 is 28.8 Å². The number of benzene rings is 2. The van der Waals surface area contributed by atoms with E-state index in [2.05, 4.69) is 0 Å². The number of esters is 1. The van der Waals surface area contributed by atoms with Crippen LogP contribution in [0.2, 0.25) is 0 Å². The fraction of sp³-hybridized carbons (Fsp3) is 0.364. The van der Waals surface area contributed by atoms with Gasteiger partial charge in [0, 0.05) is 5.56 Å². The lowest BCUT2D eigenvalue weighted by atomic mass is 10.2. The molecule has 0 aromatic heterocycles. The molecule has 0 saturated carbocycles. The van der Waals surface area contributed by atoms with E-state index in [-0.39, 0.29) is 4.99 Å². The first-order valence-electron chi connectivity index (χ1n) is 10.1. The maximum atomic E-state index is 12.6. The van der Waals surface area contributed by atoms with Crippen LogP contribution < -0.4 is 15.2 Å². The number of para-hydroxylation sites is 1. The molecule has 0 atom stereocenters. The molecule has 0 aliphatic heterocycles. The van der Waals surface area contributed by atoms with Gasteiger partial charge in [0.1, 0.15) is 22.1 Å². The number of carbonyl (C=O) groups is 1. The summed E-state index contributed by atoms with van der Waals surface area (Å²) in [6.07, 6.45) is 1.53. The minimum absolute atomic E-state index is 0.286. The molecule has 168 valence electrons. The van der Waals surface area contributed by atoms with E-state index in [1.54, 1.807) is 42.5 Å². The van der Waals surface area contributed by atoms with Crippen molar-refractivity contribution in [3.8, 4) is 11.5 Å². The van der Waals surface area contributed by atoms with Crippen LogP contribution in [0.15, 0.2) is 48.5 Å². The van der Waals surface area contributed by atoms with Crippen LogP contribution in [0.3, 0.4) is 0 Å². The van der Waals surface area contributed by atoms with Crippen molar-refractivity contribution < 1.29 is 27.8 Å². The second-order valence-electron chi connectivity index (χ2n) is 6.22. The van der Waals surface area contributed by atoms with Gasteiger partial charge in [0.15, 0.2) is 0 Å². The number of carbonyl (C=O) groups excluding carboxylic acids is 1. The first-order valence-corrected chi connectivity index (χ1v) is 11.6. The minimum Gasteiger partial charge on any atom is -0.493 e. The molecule has 0 spiro atoms. The van der Waals surface area contributed by atoms with Crippen LogP contribution in [-0.4, -0.2) is 37.4 Å². The average molecular weight is 466 g/mol. The zero-order valence-corrected chi connectivity index (χ0v) is 19.5. The van der Waals surface area contributed by atoms with Crippen LogP contribution in [0.5, 0.6) is 11.5 Å². The molecule has 0 fully saturated rings. The number of hydrogen-bond donors (Lipinski definition) is 1. The van der Waals surface area contributed by atoms with Crippen molar-refractivity contribution in [2.24, 2.45) is 5.73 Å². The van der Waals surface area contributed by atoms with Crippen molar-refractivity contribution in [3.05, 3.63) is 59.7 Å². The maximum Gasteiger partial charge on any atom is 0.347 e. The van der Waals surface area contributed by atoms with Gasteiger partial charge in [0.25, 0.3) is 0 Å². The molecule has 31 heavy (non-hydrogen) atoms. The van der Waals surface area contributed by atoms with Crippen molar-refractivity contribution in [2.75, 3.05) is 26.4 Å². The topological polar surface area (TPSA) is 89.2 Å². The van der Waals surface area contributed by atoms with Crippen molar-refractivity contribution in [3.63, 3.8) is 0 Å². The van der Waals surface area contributed by atoms with E-state index in [1.165, 1.54) is 0 Å². The Morgan fingerprint density at radius 2 is 1.58 bits per heavy atom. The zero-order chi connectivity index (χ0) is 22.5. The standard InChI is InChI=1S/C22H28NO6PS/c1-3-26-30(27-4-2)28-16-8-7-15-25-20-10-6-5-9-19(20)22(24)29-18-13-11-17(12-14-18)21(23)31/h5-6,9-14H,3-4,7-8,15-16H2,1-2H3,(H2,23,31). The molecule has 0 aliphatic carbocycles. The lowest BCUT2D eigenvalue weighted by Crippen LogP contribution is -2.12. The Hall–Kier alpha value is -2.09. The quantitative estimate of drug-likeness (QED) is 0.137. The van der Waals surface area contributed by atoms with Gasteiger partial charge in [0.05, 0.1) is 26.4 Å². The molecule has 0 unspecified atom stereocenters. The largest absolute Gasteiger partial charge is 0.493 e. The van der Waals surface area contributed by atoms with Gasteiger partial charge in [-0.15, -0.1) is 0 Å². The Morgan fingerprint density at radius 1 is 0.935 bits per heavy atom. The number of thiocarbonyl (C=S) groups is 1. The number of rotatable bonds is 14. The zero-order valence-electron chi connectivity index (χ0n) is 17.7. The van der Waals surface area contributed by atoms with Crippen LogP contribution in [-0.2, 0) is 13.6 Å². The van der Waals surface area contributed by atoms with Gasteiger partial charge in [-0.1, -0.05) is 24.4 Å². The summed E-state index contributed by atoms with van der Waals surface area (Å²) in [6.45, 7) is 5.86. The lowest BCUT2D eigenvalue weighted by Gasteiger charge is -2.15. The predicted octanol–water partition coefficient (Wildman–Crippen LogP) is 5.02. The predicted molar refractivity (Wildman–Crippen MR) is 125 cm³/mol. The summed E-state index contributed by atoms with van der Waals surface area (Å²) in [7, 11) is -1.29. The number of ether oxygens (including phenoxy) is 2. The molecule has 0 aliphatic rings. The summed E-state index contributed by atoms with van der Waals surface area (Å²) in [6, 6.07) is 13.7. The fourth-order valence-electron chi connectivity index (χ4n) is 2.46. The van der Waals surface area contributed by atoms with Gasteiger partial charge in [-0.05, 0) is 63.1 Å². The Labute approximate surface area is 189 Å². The molecule has 2 N–H and O–H groups in total. The van der Waals surface area contributed by atoms with Crippen molar-refractivity contribution in [1.29, 1.82) is 0 Å². The van der Waals surface area contributed by atoms with Crippen molar-refractivity contribution >= 4 is 31.8 Å². The molecule has 9 heteroatoms.